The standard InChI is InChI=1S/C15H20NO2.BrH.Zn/c1-3-18-15(17)14-12(2)9-10-16(14)11-13-7-5-4-6-8-13;;/h4-8,12,14H,2-3,9-11H2,1H3;1H;/p-1/t12-,14+;;/m1../s1. The van der Waals surface area contributed by atoms with E-state index in [0.717, 1.165) is 19.5 Å². The number of rotatable bonds is 4. The zero-order valence-electron chi connectivity index (χ0n) is 11.9. The molecule has 0 aromatic heterocycles. The Morgan fingerprint density at radius 2 is 2.05 bits per heavy atom. The molecule has 20 heavy (non-hydrogen) atoms. The summed E-state index contributed by atoms with van der Waals surface area (Å²) in [5.74, 6) is -0.00121. The number of likely N-dealkylation sites (tertiary alicyclic amines) is 1. The van der Waals surface area contributed by atoms with Crippen LogP contribution in [0.15, 0.2) is 30.3 Å². The molecule has 2 atom stereocenters. The number of hydrogen-bond acceptors (Lipinski definition) is 3. The summed E-state index contributed by atoms with van der Waals surface area (Å²) in [6.07, 6.45) is 0.955. The number of hydrogen-bond donors (Lipinski definition) is 0. The van der Waals surface area contributed by atoms with Gasteiger partial charge in [-0.2, -0.15) is 0 Å². The molecule has 1 radical (unpaired) electrons. The van der Waals surface area contributed by atoms with Gasteiger partial charge in [-0.25, -0.2) is 0 Å². The number of carbonyl (C=O) groups is 1. The second kappa shape index (κ2) is 9.65. The van der Waals surface area contributed by atoms with Crippen molar-refractivity contribution in [2.24, 2.45) is 5.92 Å². The van der Waals surface area contributed by atoms with Gasteiger partial charge in [0, 0.05) is 26.0 Å². The first-order chi connectivity index (χ1) is 8.72. The van der Waals surface area contributed by atoms with Gasteiger partial charge in [0.25, 0.3) is 0 Å². The number of esters is 1. The van der Waals surface area contributed by atoms with E-state index in [1.165, 1.54) is 5.56 Å². The van der Waals surface area contributed by atoms with Gasteiger partial charge in [0.1, 0.15) is 6.04 Å². The number of carbonyl (C=O) groups excluding carboxylic acids is 1. The molecule has 1 aliphatic rings. The van der Waals surface area contributed by atoms with Crippen LogP contribution in [0, 0.1) is 12.8 Å². The fourth-order valence-corrected chi connectivity index (χ4v) is 2.49. The van der Waals surface area contributed by atoms with Crippen LogP contribution in [-0.2, 0) is 35.6 Å². The normalized spacial score (nSPS) is 21.7. The molecule has 0 spiro atoms. The van der Waals surface area contributed by atoms with Gasteiger partial charge in [-0.1, -0.05) is 30.3 Å². The van der Waals surface area contributed by atoms with E-state index in [1.54, 1.807) is 0 Å². The summed E-state index contributed by atoms with van der Waals surface area (Å²) < 4.78 is 5.14. The summed E-state index contributed by atoms with van der Waals surface area (Å²) in [5, 5.41) is 0. The molecule has 1 aliphatic heterocycles. The van der Waals surface area contributed by atoms with Crippen molar-refractivity contribution in [3.05, 3.63) is 42.8 Å². The van der Waals surface area contributed by atoms with E-state index in [2.05, 4.69) is 24.0 Å². The van der Waals surface area contributed by atoms with Gasteiger partial charge < -0.3 is 21.7 Å². The Morgan fingerprint density at radius 3 is 2.65 bits per heavy atom. The predicted octanol–water partition coefficient (Wildman–Crippen LogP) is -0.724. The van der Waals surface area contributed by atoms with Crippen molar-refractivity contribution < 1.29 is 46.0 Å². The van der Waals surface area contributed by atoms with Crippen molar-refractivity contribution in [2.45, 2.75) is 25.9 Å². The van der Waals surface area contributed by atoms with E-state index >= 15 is 0 Å². The summed E-state index contributed by atoms with van der Waals surface area (Å²) in [6, 6.07) is 10.0. The van der Waals surface area contributed by atoms with Crippen LogP contribution >= 0.6 is 0 Å². The predicted molar refractivity (Wildman–Crippen MR) is 70.7 cm³/mol. The Hall–Kier alpha value is -0.247. The van der Waals surface area contributed by atoms with E-state index in [0.29, 0.717) is 6.61 Å². The van der Waals surface area contributed by atoms with Crippen molar-refractivity contribution in [3.63, 3.8) is 0 Å². The molecule has 5 heteroatoms. The SMILES string of the molecule is [Br-].[CH2][C@@H]1CCN(Cc2ccccc2)[C@@H]1C(=O)OCC.[Zn]. The minimum atomic E-state index is -0.190. The average molecular weight is 392 g/mol. The summed E-state index contributed by atoms with van der Waals surface area (Å²) in [5.41, 5.74) is 1.22. The first-order valence-electron chi connectivity index (χ1n) is 6.50. The summed E-state index contributed by atoms with van der Waals surface area (Å²) in [6.45, 7) is 8.04. The summed E-state index contributed by atoms with van der Waals surface area (Å²) in [7, 11) is 0. The van der Waals surface area contributed by atoms with Gasteiger partial charge in [-0.3, -0.25) is 9.69 Å². The largest absolute Gasteiger partial charge is 1.00 e. The van der Waals surface area contributed by atoms with Crippen LogP contribution in [0.3, 0.4) is 0 Å². The fourth-order valence-electron chi connectivity index (χ4n) is 2.49. The maximum atomic E-state index is 12.0. The van der Waals surface area contributed by atoms with Gasteiger partial charge in [-0.05, 0) is 38.3 Å². The summed E-state index contributed by atoms with van der Waals surface area (Å²) in [4.78, 5) is 14.1. The second-order valence-corrected chi connectivity index (χ2v) is 4.70. The molecule has 1 fully saturated rings. The molecular weight excluding hydrogens is 371 g/mol. The molecule has 1 heterocycles. The molecule has 1 aromatic carbocycles. The first kappa shape index (κ1) is 19.8. The Kier molecular flexibility index (Phi) is 9.53. The number of benzene rings is 1. The first-order valence-corrected chi connectivity index (χ1v) is 6.50. The molecule has 0 aliphatic carbocycles. The number of nitrogens with zero attached hydrogens (tertiary/aromatic N) is 1. The Morgan fingerprint density at radius 1 is 1.40 bits per heavy atom. The third-order valence-corrected chi connectivity index (χ3v) is 3.38. The molecule has 0 amide bonds. The van der Waals surface area contributed by atoms with Gasteiger partial charge >= 0.3 is 5.97 Å². The van der Waals surface area contributed by atoms with E-state index in [-0.39, 0.29) is 54.4 Å². The van der Waals surface area contributed by atoms with Gasteiger partial charge in [0.15, 0.2) is 0 Å². The molecule has 0 unspecified atom stereocenters. The fraction of sp³-hybridized carbons (Fsp3) is 0.467. The van der Waals surface area contributed by atoms with Crippen LogP contribution in [0.1, 0.15) is 18.9 Å². The van der Waals surface area contributed by atoms with Crippen LogP contribution in [-0.4, -0.2) is 30.1 Å². The van der Waals surface area contributed by atoms with Crippen molar-refractivity contribution in [1.29, 1.82) is 0 Å². The third-order valence-electron chi connectivity index (χ3n) is 3.38. The van der Waals surface area contributed by atoms with E-state index < -0.39 is 0 Å². The van der Waals surface area contributed by atoms with Crippen LogP contribution in [0.2, 0.25) is 0 Å². The molecule has 1 aromatic rings. The zero-order chi connectivity index (χ0) is 13.0. The van der Waals surface area contributed by atoms with Crippen molar-refractivity contribution >= 4 is 5.97 Å². The molecule has 107 valence electrons. The zero-order valence-corrected chi connectivity index (χ0v) is 16.5. The number of ether oxygens (including phenoxy) is 1. The van der Waals surface area contributed by atoms with Crippen molar-refractivity contribution in [3.8, 4) is 0 Å². The number of halogens is 1. The van der Waals surface area contributed by atoms with Gasteiger partial charge in [0.2, 0.25) is 0 Å². The van der Waals surface area contributed by atoms with Crippen LogP contribution in [0.5, 0.6) is 0 Å². The van der Waals surface area contributed by atoms with Crippen LogP contribution < -0.4 is 17.0 Å². The van der Waals surface area contributed by atoms with E-state index in [9.17, 15) is 4.79 Å². The second-order valence-electron chi connectivity index (χ2n) is 4.70. The Bertz CT molecular complexity index is 402. The van der Waals surface area contributed by atoms with Gasteiger partial charge in [-0.15, -0.1) is 0 Å². The maximum absolute atomic E-state index is 12.0. The van der Waals surface area contributed by atoms with Gasteiger partial charge in [0.05, 0.1) is 6.61 Å². The third kappa shape index (κ3) is 4.94. The average Bonchev–Trinajstić information content (AvgIpc) is 2.72. The molecule has 3 nitrogen and oxygen atoms in total. The smallest absolute Gasteiger partial charge is 0.323 e. The van der Waals surface area contributed by atoms with E-state index in [4.69, 9.17) is 4.74 Å². The quantitative estimate of drug-likeness (QED) is 0.501. The Balaban J connectivity index is 0.00000180. The van der Waals surface area contributed by atoms with Crippen LogP contribution in [0.4, 0.5) is 0 Å². The minimum Gasteiger partial charge on any atom is -1.00 e. The molecule has 2 rings (SSSR count). The topological polar surface area (TPSA) is 29.5 Å². The molecule has 0 saturated carbocycles. The minimum absolute atomic E-state index is 0. The maximum Gasteiger partial charge on any atom is 0.323 e. The van der Waals surface area contributed by atoms with E-state index in [1.807, 2.05) is 25.1 Å². The molecular formula is C15H20BrNO2Zn-. The van der Waals surface area contributed by atoms with Crippen molar-refractivity contribution in [1.82, 2.24) is 4.90 Å². The van der Waals surface area contributed by atoms with Crippen molar-refractivity contribution in [2.75, 3.05) is 13.2 Å². The summed E-state index contributed by atoms with van der Waals surface area (Å²) >= 11 is 0. The molecule has 0 N–H and O–H groups in total. The Labute approximate surface area is 144 Å². The molecule has 0 bridgehead atoms. The monoisotopic (exact) mass is 389 g/mol. The molecule has 1 saturated heterocycles. The van der Waals surface area contributed by atoms with Crippen LogP contribution in [0.25, 0.3) is 0 Å².